The molecule has 1 fully saturated rings. The lowest BCUT2D eigenvalue weighted by Gasteiger charge is -2.22. The Hall–Kier alpha value is -1.56. The summed E-state index contributed by atoms with van der Waals surface area (Å²) in [7, 11) is 1.51. The fourth-order valence-corrected chi connectivity index (χ4v) is 1.78. The highest BCUT2D eigenvalue weighted by molar-refractivity contribution is 5.51. The minimum absolute atomic E-state index is 0.129. The highest BCUT2D eigenvalue weighted by atomic mass is 16.5. The van der Waals surface area contributed by atoms with E-state index in [-0.39, 0.29) is 11.9 Å². The summed E-state index contributed by atoms with van der Waals surface area (Å²) < 4.78 is 16.2. The molecule has 0 spiro atoms. The van der Waals surface area contributed by atoms with E-state index in [2.05, 4.69) is 9.97 Å². The molecule has 1 unspecified atom stereocenters. The van der Waals surface area contributed by atoms with Crippen LogP contribution in [0.4, 0.5) is 5.82 Å². The maximum Gasteiger partial charge on any atom is 0.262 e. The van der Waals surface area contributed by atoms with Gasteiger partial charge in [0.05, 0.1) is 13.2 Å². The summed E-state index contributed by atoms with van der Waals surface area (Å²) in [6.07, 6.45) is 4.81. The summed E-state index contributed by atoms with van der Waals surface area (Å²) in [5, 5.41) is 0. The molecular weight excluding hydrogens is 222 g/mol. The van der Waals surface area contributed by atoms with Gasteiger partial charge in [0.1, 0.15) is 12.9 Å². The largest absolute Gasteiger partial charge is 0.489 e. The molecule has 0 bridgehead atoms. The van der Waals surface area contributed by atoms with Crippen molar-refractivity contribution >= 4 is 5.82 Å². The molecule has 2 heterocycles. The van der Waals surface area contributed by atoms with Gasteiger partial charge in [-0.2, -0.15) is 4.98 Å². The number of anilines is 1. The Morgan fingerprint density at radius 3 is 3.06 bits per heavy atom. The van der Waals surface area contributed by atoms with Gasteiger partial charge in [0.2, 0.25) is 5.75 Å². The molecule has 1 atom stereocenters. The summed E-state index contributed by atoms with van der Waals surface area (Å²) in [5.74, 6) is 1.03. The summed E-state index contributed by atoms with van der Waals surface area (Å²) >= 11 is 0. The van der Waals surface area contributed by atoms with Crippen LogP contribution < -0.4 is 15.2 Å². The van der Waals surface area contributed by atoms with Crippen molar-refractivity contribution in [2.45, 2.75) is 25.4 Å². The van der Waals surface area contributed by atoms with E-state index in [1.807, 2.05) is 0 Å². The fraction of sp³-hybridized carbons (Fsp3) is 0.636. The van der Waals surface area contributed by atoms with E-state index in [0.29, 0.717) is 18.2 Å². The number of rotatable bonds is 4. The molecule has 0 saturated carbocycles. The third-order valence-corrected chi connectivity index (χ3v) is 2.68. The van der Waals surface area contributed by atoms with Gasteiger partial charge >= 0.3 is 0 Å². The molecule has 1 aliphatic heterocycles. The minimum atomic E-state index is 0.129. The Kier molecular flexibility index (Phi) is 3.98. The molecule has 1 aliphatic rings. The first-order valence-corrected chi connectivity index (χ1v) is 5.70. The van der Waals surface area contributed by atoms with Crippen LogP contribution in [0.25, 0.3) is 0 Å². The number of ether oxygens (including phenoxy) is 3. The van der Waals surface area contributed by atoms with Crippen molar-refractivity contribution in [2.24, 2.45) is 0 Å². The molecule has 1 aromatic heterocycles. The summed E-state index contributed by atoms with van der Waals surface area (Å²) in [4.78, 5) is 7.84. The topological polar surface area (TPSA) is 79.5 Å². The first-order chi connectivity index (χ1) is 8.31. The van der Waals surface area contributed by atoms with Gasteiger partial charge in [-0.3, -0.25) is 0 Å². The van der Waals surface area contributed by atoms with Crippen molar-refractivity contribution < 1.29 is 14.2 Å². The zero-order chi connectivity index (χ0) is 12.1. The van der Waals surface area contributed by atoms with Gasteiger partial charge in [-0.05, 0) is 19.3 Å². The first kappa shape index (κ1) is 11.9. The average molecular weight is 239 g/mol. The van der Waals surface area contributed by atoms with Crippen molar-refractivity contribution in [3.8, 4) is 11.6 Å². The van der Waals surface area contributed by atoms with Crippen LogP contribution in [0, 0.1) is 0 Å². The maximum atomic E-state index is 5.65. The summed E-state index contributed by atoms with van der Waals surface area (Å²) in [6.45, 7) is 1.27. The summed E-state index contributed by atoms with van der Waals surface area (Å²) in [6, 6.07) is 0. The maximum absolute atomic E-state index is 5.65. The standard InChI is InChI=1S/C11H17N3O3/c1-15-9-10(12)13-7-14-11(9)17-6-8-4-2-3-5-16-8/h7-8H,2-6H2,1H3,(H2,12,13,14). The molecular formula is C11H17N3O3. The lowest BCUT2D eigenvalue weighted by atomic mass is 10.1. The normalized spacial score (nSPS) is 19.9. The van der Waals surface area contributed by atoms with Crippen LogP contribution in [0.15, 0.2) is 6.33 Å². The second-order valence-electron chi connectivity index (χ2n) is 3.90. The van der Waals surface area contributed by atoms with Crippen molar-refractivity contribution in [3.63, 3.8) is 0 Å². The Labute approximate surface area is 100 Å². The monoisotopic (exact) mass is 239 g/mol. The van der Waals surface area contributed by atoms with Gasteiger partial charge in [0.15, 0.2) is 5.82 Å². The fourth-order valence-electron chi connectivity index (χ4n) is 1.78. The molecule has 0 radical (unpaired) electrons. The molecule has 0 aromatic carbocycles. The Bertz CT molecular complexity index is 367. The van der Waals surface area contributed by atoms with Crippen LogP contribution in [0.1, 0.15) is 19.3 Å². The number of hydrogen-bond donors (Lipinski definition) is 1. The minimum Gasteiger partial charge on any atom is -0.489 e. The average Bonchev–Trinajstić information content (AvgIpc) is 2.37. The Morgan fingerprint density at radius 2 is 2.35 bits per heavy atom. The van der Waals surface area contributed by atoms with Crippen LogP contribution in [0.5, 0.6) is 11.6 Å². The lowest BCUT2D eigenvalue weighted by Crippen LogP contribution is -2.26. The van der Waals surface area contributed by atoms with Gasteiger partial charge in [-0.1, -0.05) is 0 Å². The SMILES string of the molecule is COc1c(N)ncnc1OCC1CCCCO1. The zero-order valence-corrected chi connectivity index (χ0v) is 9.89. The molecule has 6 heteroatoms. The molecule has 6 nitrogen and oxygen atoms in total. The van der Waals surface area contributed by atoms with Crippen molar-refractivity contribution in [1.82, 2.24) is 9.97 Å². The molecule has 17 heavy (non-hydrogen) atoms. The van der Waals surface area contributed by atoms with Crippen LogP contribution in [-0.4, -0.2) is 36.4 Å². The van der Waals surface area contributed by atoms with Gasteiger partial charge in [0, 0.05) is 6.61 Å². The quantitative estimate of drug-likeness (QED) is 0.844. The number of nitrogens with zero attached hydrogens (tertiary/aromatic N) is 2. The number of methoxy groups -OCH3 is 1. The number of hydrogen-bond acceptors (Lipinski definition) is 6. The van der Waals surface area contributed by atoms with Crippen molar-refractivity contribution in [3.05, 3.63) is 6.33 Å². The van der Waals surface area contributed by atoms with Gasteiger partial charge in [-0.15, -0.1) is 0 Å². The van der Waals surface area contributed by atoms with Crippen LogP contribution in [-0.2, 0) is 4.74 Å². The van der Waals surface area contributed by atoms with E-state index in [1.54, 1.807) is 0 Å². The molecule has 2 rings (SSSR count). The second-order valence-corrected chi connectivity index (χ2v) is 3.90. The highest BCUT2D eigenvalue weighted by Crippen LogP contribution is 2.28. The molecule has 2 N–H and O–H groups in total. The number of nitrogen functional groups attached to an aromatic ring is 1. The van der Waals surface area contributed by atoms with Crippen LogP contribution in [0.3, 0.4) is 0 Å². The van der Waals surface area contributed by atoms with E-state index in [9.17, 15) is 0 Å². The third-order valence-electron chi connectivity index (χ3n) is 2.68. The summed E-state index contributed by atoms with van der Waals surface area (Å²) in [5.41, 5.74) is 5.65. The van der Waals surface area contributed by atoms with E-state index in [1.165, 1.54) is 19.9 Å². The molecule has 0 aliphatic carbocycles. The number of aromatic nitrogens is 2. The van der Waals surface area contributed by atoms with Crippen molar-refractivity contribution in [1.29, 1.82) is 0 Å². The highest BCUT2D eigenvalue weighted by Gasteiger charge is 2.17. The van der Waals surface area contributed by atoms with Gasteiger partial charge in [0.25, 0.3) is 5.88 Å². The molecule has 1 aromatic rings. The predicted octanol–water partition coefficient (Wildman–Crippen LogP) is 1.02. The Morgan fingerprint density at radius 1 is 1.47 bits per heavy atom. The van der Waals surface area contributed by atoms with E-state index >= 15 is 0 Å². The number of nitrogens with two attached hydrogens (primary N) is 1. The van der Waals surface area contributed by atoms with Crippen LogP contribution >= 0.6 is 0 Å². The second kappa shape index (κ2) is 5.67. The molecule has 1 saturated heterocycles. The lowest BCUT2D eigenvalue weighted by molar-refractivity contribution is -0.0124. The molecule has 94 valence electrons. The van der Waals surface area contributed by atoms with Crippen LogP contribution in [0.2, 0.25) is 0 Å². The third kappa shape index (κ3) is 2.97. The Balaban J connectivity index is 1.95. The molecule has 0 amide bonds. The van der Waals surface area contributed by atoms with E-state index < -0.39 is 0 Å². The van der Waals surface area contributed by atoms with Gasteiger partial charge < -0.3 is 19.9 Å². The smallest absolute Gasteiger partial charge is 0.262 e. The van der Waals surface area contributed by atoms with Crippen molar-refractivity contribution in [2.75, 3.05) is 26.1 Å². The van der Waals surface area contributed by atoms with Gasteiger partial charge in [-0.25, -0.2) is 4.98 Å². The zero-order valence-electron chi connectivity index (χ0n) is 9.89. The van der Waals surface area contributed by atoms with E-state index in [0.717, 1.165) is 19.4 Å². The predicted molar refractivity (Wildman–Crippen MR) is 62.1 cm³/mol. The first-order valence-electron chi connectivity index (χ1n) is 5.70. The van der Waals surface area contributed by atoms with E-state index in [4.69, 9.17) is 19.9 Å².